The molecule has 1 aromatic carbocycles. The smallest absolute Gasteiger partial charge is 0.182 e. The first-order valence-electron chi connectivity index (χ1n) is 7.14. The third kappa shape index (κ3) is 2.35. The van der Waals surface area contributed by atoms with Crippen LogP contribution in [0.4, 0.5) is 0 Å². The first-order valence-corrected chi connectivity index (χ1v) is 7.14. The Morgan fingerprint density at radius 1 is 1.26 bits per heavy atom. The molecule has 1 aromatic rings. The standard InChI is InChI=1S/C16H19N3/c17-10-18-11-19-16-14-7-3-1-5-12(14)9-13-6-2-4-8-15(13)16/h1,3,5,7,11,13,15-16H,2,4,6,8-9H2,(H,18,19). The summed E-state index contributed by atoms with van der Waals surface area (Å²) in [6.07, 6.45) is 9.96. The number of benzene rings is 1. The summed E-state index contributed by atoms with van der Waals surface area (Å²) in [5, 5.41) is 11.1. The molecule has 98 valence electrons. The minimum absolute atomic E-state index is 0.232. The van der Waals surface area contributed by atoms with Crippen molar-refractivity contribution in [3.63, 3.8) is 0 Å². The Hall–Kier alpha value is -1.82. The van der Waals surface area contributed by atoms with Crippen molar-refractivity contribution in [2.24, 2.45) is 16.8 Å². The van der Waals surface area contributed by atoms with E-state index < -0.39 is 0 Å². The van der Waals surface area contributed by atoms with Gasteiger partial charge < -0.3 is 0 Å². The van der Waals surface area contributed by atoms with Gasteiger partial charge in [0.2, 0.25) is 0 Å². The van der Waals surface area contributed by atoms with Crippen LogP contribution in [0.5, 0.6) is 0 Å². The maximum absolute atomic E-state index is 8.57. The van der Waals surface area contributed by atoms with E-state index in [-0.39, 0.29) is 6.04 Å². The van der Waals surface area contributed by atoms with Gasteiger partial charge in [0.15, 0.2) is 6.19 Å². The number of nitrogens with zero attached hydrogens (tertiary/aromatic N) is 2. The maximum Gasteiger partial charge on any atom is 0.182 e. The van der Waals surface area contributed by atoms with Gasteiger partial charge in [0.05, 0.1) is 12.4 Å². The Kier molecular flexibility index (Phi) is 3.50. The van der Waals surface area contributed by atoms with Gasteiger partial charge >= 0.3 is 0 Å². The molecule has 1 N–H and O–H groups in total. The summed E-state index contributed by atoms with van der Waals surface area (Å²) >= 11 is 0. The van der Waals surface area contributed by atoms with Crippen LogP contribution in [0.25, 0.3) is 0 Å². The molecular weight excluding hydrogens is 234 g/mol. The van der Waals surface area contributed by atoms with Crippen molar-refractivity contribution < 1.29 is 0 Å². The van der Waals surface area contributed by atoms with Crippen molar-refractivity contribution in [3.8, 4) is 6.19 Å². The summed E-state index contributed by atoms with van der Waals surface area (Å²) in [7, 11) is 0. The van der Waals surface area contributed by atoms with Gasteiger partial charge in [-0.25, -0.2) is 0 Å². The fraction of sp³-hybridized carbons (Fsp3) is 0.500. The molecule has 19 heavy (non-hydrogen) atoms. The number of rotatable bonds is 2. The second-order valence-corrected chi connectivity index (χ2v) is 5.59. The molecule has 3 rings (SSSR count). The van der Waals surface area contributed by atoms with E-state index in [0.717, 1.165) is 5.92 Å². The van der Waals surface area contributed by atoms with E-state index in [0.29, 0.717) is 5.92 Å². The summed E-state index contributed by atoms with van der Waals surface area (Å²) in [6, 6.07) is 8.89. The SMILES string of the molecule is N#CNC=NC1c2ccccc2CC2CCCCC21. The molecule has 0 bridgehead atoms. The Balaban J connectivity index is 1.94. The highest BCUT2D eigenvalue weighted by Crippen LogP contribution is 2.47. The lowest BCUT2D eigenvalue weighted by Crippen LogP contribution is -2.31. The zero-order chi connectivity index (χ0) is 13.1. The molecule has 1 fully saturated rings. The van der Waals surface area contributed by atoms with Crippen LogP contribution in [-0.4, -0.2) is 6.34 Å². The number of aliphatic imine (C=N–C) groups is 1. The van der Waals surface area contributed by atoms with Crippen LogP contribution in [0.3, 0.4) is 0 Å². The normalized spacial score (nSPS) is 29.3. The van der Waals surface area contributed by atoms with Crippen molar-refractivity contribution in [2.75, 3.05) is 0 Å². The second kappa shape index (κ2) is 5.44. The van der Waals surface area contributed by atoms with Crippen LogP contribution in [0.2, 0.25) is 0 Å². The lowest BCUT2D eigenvalue weighted by Gasteiger charge is -2.40. The molecule has 0 saturated heterocycles. The van der Waals surface area contributed by atoms with Gasteiger partial charge in [0.1, 0.15) is 0 Å². The van der Waals surface area contributed by atoms with Crippen LogP contribution in [-0.2, 0) is 6.42 Å². The van der Waals surface area contributed by atoms with Crippen molar-refractivity contribution in [2.45, 2.75) is 38.1 Å². The molecule has 1 saturated carbocycles. The van der Waals surface area contributed by atoms with Crippen molar-refractivity contribution in [1.82, 2.24) is 5.32 Å². The van der Waals surface area contributed by atoms with E-state index in [1.165, 1.54) is 43.2 Å². The highest BCUT2D eigenvalue weighted by molar-refractivity contribution is 5.57. The van der Waals surface area contributed by atoms with Gasteiger partial charge in [-0.15, -0.1) is 0 Å². The molecule has 3 atom stereocenters. The Morgan fingerprint density at radius 2 is 2.11 bits per heavy atom. The summed E-state index contributed by atoms with van der Waals surface area (Å²) < 4.78 is 0. The molecule has 3 nitrogen and oxygen atoms in total. The van der Waals surface area contributed by atoms with E-state index in [1.807, 2.05) is 6.19 Å². The molecule has 3 heteroatoms. The van der Waals surface area contributed by atoms with Gasteiger partial charge in [-0.05, 0) is 42.2 Å². The predicted octanol–water partition coefficient (Wildman–Crippen LogP) is 3.19. The summed E-state index contributed by atoms with van der Waals surface area (Å²) in [5.74, 6) is 1.42. The highest BCUT2D eigenvalue weighted by Gasteiger charge is 2.37. The Labute approximate surface area is 114 Å². The zero-order valence-electron chi connectivity index (χ0n) is 11.0. The lowest BCUT2D eigenvalue weighted by molar-refractivity contribution is 0.187. The molecule has 0 heterocycles. The van der Waals surface area contributed by atoms with E-state index in [1.54, 1.807) is 6.34 Å². The number of hydrogen-bond acceptors (Lipinski definition) is 2. The quantitative estimate of drug-likeness (QED) is 0.381. The average Bonchev–Trinajstić information content (AvgIpc) is 2.46. The molecule has 2 aliphatic rings. The number of nitrogens with one attached hydrogen (secondary N) is 1. The van der Waals surface area contributed by atoms with E-state index >= 15 is 0 Å². The fourth-order valence-corrected chi connectivity index (χ4v) is 3.76. The lowest BCUT2D eigenvalue weighted by atomic mass is 9.66. The third-order valence-corrected chi connectivity index (χ3v) is 4.59. The third-order valence-electron chi connectivity index (χ3n) is 4.59. The molecular formula is C16H19N3. The molecule has 0 aromatic heterocycles. The van der Waals surface area contributed by atoms with E-state index in [2.05, 4.69) is 34.6 Å². The van der Waals surface area contributed by atoms with Gasteiger partial charge in [-0.2, -0.15) is 5.26 Å². The molecule has 0 spiro atoms. The van der Waals surface area contributed by atoms with Crippen LogP contribution < -0.4 is 5.32 Å². The van der Waals surface area contributed by atoms with Gasteiger partial charge in [-0.3, -0.25) is 10.3 Å². The number of fused-ring (bicyclic) bond motifs is 2. The summed E-state index contributed by atoms with van der Waals surface area (Å²) in [6.45, 7) is 0. The fourth-order valence-electron chi connectivity index (χ4n) is 3.76. The van der Waals surface area contributed by atoms with E-state index in [9.17, 15) is 0 Å². The molecule has 0 aliphatic heterocycles. The minimum atomic E-state index is 0.232. The predicted molar refractivity (Wildman–Crippen MR) is 75.6 cm³/mol. The van der Waals surface area contributed by atoms with E-state index in [4.69, 9.17) is 5.26 Å². The monoisotopic (exact) mass is 253 g/mol. The summed E-state index contributed by atoms with van der Waals surface area (Å²) in [4.78, 5) is 4.64. The first kappa shape index (κ1) is 12.2. The van der Waals surface area contributed by atoms with Crippen molar-refractivity contribution >= 4 is 6.34 Å². The zero-order valence-corrected chi connectivity index (χ0v) is 11.0. The Bertz CT molecular complexity index is 515. The molecule has 0 amide bonds. The van der Waals surface area contributed by atoms with Gasteiger partial charge in [0.25, 0.3) is 0 Å². The maximum atomic E-state index is 8.57. The first-order chi connectivity index (χ1) is 9.40. The minimum Gasteiger partial charge on any atom is -0.283 e. The van der Waals surface area contributed by atoms with Crippen LogP contribution in [0.15, 0.2) is 29.3 Å². The summed E-state index contributed by atoms with van der Waals surface area (Å²) in [5.41, 5.74) is 2.81. The topological polar surface area (TPSA) is 48.2 Å². The molecule has 3 unspecified atom stereocenters. The Morgan fingerprint density at radius 3 is 3.00 bits per heavy atom. The van der Waals surface area contributed by atoms with Gasteiger partial charge in [-0.1, -0.05) is 37.1 Å². The van der Waals surface area contributed by atoms with Crippen molar-refractivity contribution in [3.05, 3.63) is 35.4 Å². The number of nitriles is 1. The van der Waals surface area contributed by atoms with Crippen molar-refractivity contribution in [1.29, 1.82) is 5.26 Å². The van der Waals surface area contributed by atoms with Gasteiger partial charge in [0, 0.05) is 0 Å². The number of hydrogen-bond donors (Lipinski definition) is 1. The molecule has 0 radical (unpaired) electrons. The highest BCUT2D eigenvalue weighted by atomic mass is 15.0. The van der Waals surface area contributed by atoms with Crippen LogP contribution in [0.1, 0.15) is 42.9 Å². The molecule has 2 aliphatic carbocycles. The average molecular weight is 253 g/mol. The largest absolute Gasteiger partial charge is 0.283 e. The van der Waals surface area contributed by atoms with Crippen LogP contribution in [0, 0.1) is 23.3 Å². The second-order valence-electron chi connectivity index (χ2n) is 5.59. The van der Waals surface area contributed by atoms with Crippen LogP contribution >= 0.6 is 0 Å².